The zero-order chi connectivity index (χ0) is 14.0. The van der Waals surface area contributed by atoms with Gasteiger partial charge in [-0.1, -0.05) is 6.92 Å². The van der Waals surface area contributed by atoms with Gasteiger partial charge >= 0.3 is 0 Å². The number of halogens is 3. The molecule has 5 heteroatoms. The summed E-state index contributed by atoms with van der Waals surface area (Å²) in [6.45, 7) is 4.44. The van der Waals surface area contributed by atoms with E-state index in [1.54, 1.807) is 0 Å². The van der Waals surface area contributed by atoms with E-state index in [9.17, 15) is 13.9 Å². The Balaban J connectivity index is 2.37. The SMILES string of the molecule is CCN1CCCC(O)(c2c(F)ccc(Br)c2F)CC1. The van der Waals surface area contributed by atoms with E-state index in [1.807, 2.05) is 6.92 Å². The third kappa shape index (κ3) is 2.98. The first kappa shape index (κ1) is 14.9. The van der Waals surface area contributed by atoms with Crippen LogP contribution in [0.3, 0.4) is 0 Å². The summed E-state index contributed by atoms with van der Waals surface area (Å²) in [5.41, 5.74) is -1.61. The van der Waals surface area contributed by atoms with Crippen molar-refractivity contribution in [1.29, 1.82) is 0 Å². The zero-order valence-corrected chi connectivity index (χ0v) is 12.5. The molecule has 1 N–H and O–H groups in total. The maximum absolute atomic E-state index is 14.1. The Kier molecular flexibility index (Phi) is 4.58. The Morgan fingerprint density at radius 2 is 2.05 bits per heavy atom. The van der Waals surface area contributed by atoms with Crippen LogP contribution in [0.25, 0.3) is 0 Å². The smallest absolute Gasteiger partial charge is 0.146 e. The second-order valence-corrected chi connectivity index (χ2v) is 5.89. The Morgan fingerprint density at radius 3 is 2.74 bits per heavy atom. The highest BCUT2D eigenvalue weighted by Gasteiger charge is 2.37. The molecule has 1 aromatic carbocycles. The number of hydrogen-bond donors (Lipinski definition) is 1. The van der Waals surface area contributed by atoms with Gasteiger partial charge in [0.2, 0.25) is 0 Å². The van der Waals surface area contributed by atoms with Gasteiger partial charge in [0, 0.05) is 6.54 Å². The van der Waals surface area contributed by atoms with Crippen molar-refractivity contribution in [1.82, 2.24) is 4.90 Å². The second-order valence-electron chi connectivity index (χ2n) is 5.04. The van der Waals surface area contributed by atoms with Gasteiger partial charge in [-0.15, -0.1) is 0 Å². The molecule has 0 aliphatic carbocycles. The number of nitrogens with zero attached hydrogens (tertiary/aromatic N) is 1. The molecule has 19 heavy (non-hydrogen) atoms. The van der Waals surface area contributed by atoms with Gasteiger partial charge in [-0.05, 0) is 60.4 Å². The van der Waals surface area contributed by atoms with Crippen LogP contribution >= 0.6 is 15.9 Å². The third-order valence-corrected chi connectivity index (χ3v) is 4.48. The average Bonchev–Trinajstić information content (AvgIpc) is 2.57. The highest BCUT2D eigenvalue weighted by Crippen LogP contribution is 2.37. The molecule has 0 aromatic heterocycles. The number of likely N-dealkylation sites (tertiary alicyclic amines) is 1. The molecule has 0 spiro atoms. The molecule has 1 aromatic rings. The fourth-order valence-electron chi connectivity index (χ4n) is 2.69. The summed E-state index contributed by atoms with van der Waals surface area (Å²) in [5.74, 6) is -1.36. The molecule has 2 nitrogen and oxygen atoms in total. The van der Waals surface area contributed by atoms with Crippen LogP contribution in [0.2, 0.25) is 0 Å². The number of rotatable bonds is 2. The summed E-state index contributed by atoms with van der Waals surface area (Å²) in [4.78, 5) is 2.19. The molecule has 0 bridgehead atoms. The Hall–Kier alpha value is -0.520. The van der Waals surface area contributed by atoms with E-state index in [0.29, 0.717) is 19.4 Å². The molecule has 1 aliphatic heterocycles. The minimum absolute atomic E-state index is 0.189. The van der Waals surface area contributed by atoms with E-state index >= 15 is 0 Å². The fraction of sp³-hybridized carbons (Fsp3) is 0.571. The van der Waals surface area contributed by atoms with Crippen LogP contribution in [0.5, 0.6) is 0 Å². The standard InChI is InChI=1S/C14H18BrF2NO/c1-2-18-8-3-6-14(19,7-9-18)12-11(16)5-4-10(15)13(12)17/h4-5,19H,2-3,6-9H2,1H3. The quantitative estimate of drug-likeness (QED) is 0.838. The first-order valence-electron chi connectivity index (χ1n) is 6.56. The zero-order valence-electron chi connectivity index (χ0n) is 10.9. The van der Waals surface area contributed by atoms with Crippen molar-refractivity contribution in [3.63, 3.8) is 0 Å². The van der Waals surface area contributed by atoms with E-state index < -0.39 is 17.2 Å². The fourth-order valence-corrected chi connectivity index (χ4v) is 3.03. The van der Waals surface area contributed by atoms with Gasteiger partial charge < -0.3 is 10.0 Å². The lowest BCUT2D eigenvalue weighted by Gasteiger charge is -2.28. The lowest BCUT2D eigenvalue weighted by molar-refractivity contribution is 0.0142. The van der Waals surface area contributed by atoms with Gasteiger partial charge in [0.25, 0.3) is 0 Å². The van der Waals surface area contributed by atoms with E-state index in [0.717, 1.165) is 19.5 Å². The first-order valence-corrected chi connectivity index (χ1v) is 7.36. The lowest BCUT2D eigenvalue weighted by atomic mass is 9.86. The van der Waals surface area contributed by atoms with Crippen LogP contribution in [-0.2, 0) is 5.60 Å². The number of hydrogen-bond acceptors (Lipinski definition) is 2. The minimum atomic E-state index is -1.41. The number of benzene rings is 1. The average molecular weight is 334 g/mol. The van der Waals surface area contributed by atoms with Gasteiger partial charge in [0.15, 0.2) is 0 Å². The predicted octanol–water partition coefficient (Wildman–Crippen LogP) is 3.42. The van der Waals surface area contributed by atoms with Crippen molar-refractivity contribution >= 4 is 15.9 Å². The van der Waals surface area contributed by atoms with Crippen LogP contribution < -0.4 is 0 Å². The summed E-state index contributed by atoms with van der Waals surface area (Å²) < 4.78 is 28.3. The molecule has 1 heterocycles. The Labute approximate surface area is 120 Å². The van der Waals surface area contributed by atoms with Crippen molar-refractivity contribution in [2.45, 2.75) is 31.8 Å². The molecule has 1 saturated heterocycles. The van der Waals surface area contributed by atoms with E-state index in [-0.39, 0.29) is 10.0 Å². The first-order chi connectivity index (χ1) is 8.98. The normalized spacial score (nSPS) is 25.3. The Morgan fingerprint density at radius 1 is 1.32 bits per heavy atom. The molecule has 0 saturated carbocycles. The molecule has 0 radical (unpaired) electrons. The maximum Gasteiger partial charge on any atom is 0.146 e. The molecule has 0 amide bonds. The van der Waals surface area contributed by atoms with Crippen molar-refractivity contribution in [3.05, 3.63) is 33.8 Å². The van der Waals surface area contributed by atoms with Gasteiger partial charge in [0.05, 0.1) is 15.6 Å². The summed E-state index contributed by atoms with van der Waals surface area (Å²) in [6.07, 6.45) is 1.47. The van der Waals surface area contributed by atoms with Crippen LogP contribution in [-0.4, -0.2) is 29.6 Å². The van der Waals surface area contributed by atoms with E-state index in [1.165, 1.54) is 12.1 Å². The van der Waals surface area contributed by atoms with Crippen molar-refractivity contribution in [2.24, 2.45) is 0 Å². The number of aliphatic hydroxyl groups is 1. The minimum Gasteiger partial charge on any atom is -0.385 e. The van der Waals surface area contributed by atoms with E-state index in [2.05, 4.69) is 20.8 Å². The molecule has 1 aliphatic rings. The lowest BCUT2D eigenvalue weighted by Crippen LogP contribution is -2.31. The molecular weight excluding hydrogens is 316 g/mol. The topological polar surface area (TPSA) is 23.5 Å². The van der Waals surface area contributed by atoms with Gasteiger partial charge in [-0.3, -0.25) is 0 Å². The highest BCUT2D eigenvalue weighted by atomic mass is 79.9. The molecular formula is C14H18BrF2NO. The van der Waals surface area contributed by atoms with Gasteiger partial charge in [-0.25, -0.2) is 8.78 Å². The summed E-state index contributed by atoms with van der Waals surface area (Å²) in [7, 11) is 0. The maximum atomic E-state index is 14.1. The van der Waals surface area contributed by atoms with Crippen LogP contribution in [0.15, 0.2) is 16.6 Å². The van der Waals surface area contributed by atoms with Crippen LogP contribution in [0.4, 0.5) is 8.78 Å². The van der Waals surface area contributed by atoms with Crippen LogP contribution in [0.1, 0.15) is 31.7 Å². The van der Waals surface area contributed by atoms with Crippen molar-refractivity contribution in [2.75, 3.05) is 19.6 Å². The molecule has 106 valence electrons. The van der Waals surface area contributed by atoms with Crippen LogP contribution in [0, 0.1) is 11.6 Å². The highest BCUT2D eigenvalue weighted by molar-refractivity contribution is 9.10. The van der Waals surface area contributed by atoms with E-state index in [4.69, 9.17) is 0 Å². The molecule has 1 fully saturated rings. The van der Waals surface area contributed by atoms with Crippen molar-refractivity contribution < 1.29 is 13.9 Å². The van der Waals surface area contributed by atoms with Crippen molar-refractivity contribution in [3.8, 4) is 0 Å². The summed E-state index contributed by atoms with van der Waals surface area (Å²) in [5, 5.41) is 10.7. The Bertz CT molecular complexity index is 469. The second kappa shape index (κ2) is 5.85. The monoisotopic (exact) mass is 333 g/mol. The largest absolute Gasteiger partial charge is 0.385 e. The summed E-state index contributed by atoms with van der Waals surface area (Å²) >= 11 is 3.05. The van der Waals surface area contributed by atoms with Gasteiger partial charge in [0.1, 0.15) is 11.6 Å². The molecule has 1 unspecified atom stereocenters. The predicted molar refractivity (Wildman–Crippen MR) is 73.9 cm³/mol. The summed E-state index contributed by atoms with van der Waals surface area (Å²) in [6, 6.07) is 2.52. The molecule has 2 rings (SSSR count). The third-order valence-electron chi connectivity index (χ3n) is 3.86. The molecule has 1 atom stereocenters. The van der Waals surface area contributed by atoms with Gasteiger partial charge in [-0.2, -0.15) is 0 Å².